The van der Waals surface area contributed by atoms with Crippen LogP contribution in [0.2, 0.25) is 0 Å². The summed E-state index contributed by atoms with van der Waals surface area (Å²) in [5.41, 5.74) is 0.455. The number of imide groups is 1. The minimum atomic E-state index is -3.93. The number of anilines is 1. The Morgan fingerprint density at radius 2 is 1.53 bits per heavy atom. The van der Waals surface area contributed by atoms with Crippen LogP contribution in [-0.4, -0.2) is 36.6 Å². The topological polar surface area (TPSA) is 74.8 Å². The highest BCUT2D eigenvalue weighted by atomic mass is 79.9. The maximum Gasteiger partial charge on any atom is 0.252 e. The number of halogens is 1. The summed E-state index contributed by atoms with van der Waals surface area (Å²) in [7, 11) is -3.93. The molecule has 0 N–H and O–H groups in total. The van der Waals surface area contributed by atoms with Crippen LogP contribution in [0.1, 0.15) is 38.5 Å². The highest BCUT2D eigenvalue weighted by molar-refractivity contribution is 9.10. The summed E-state index contributed by atoms with van der Waals surface area (Å²) in [6.07, 6.45) is 4.13. The van der Waals surface area contributed by atoms with E-state index in [2.05, 4.69) is 15.9 Å². The molecule has 0 spiro atoms. The molecule has 1 aliphatic carbocycles. The molecule has 0 aromatic heterocycles. The molecule has 30 heavy (non-hydrogen) atoms. The lowest BCUT2D eigenvalue weighted by molar-refractivity contribution is -0.122. The monoisotopic (exact) mass is 490 g/mol. The van der Waals surface area contributed by atoms with Gasteiger partial charge in [0, 0.05) is 10.5 Å². The number of carbonyl (C=O) groups excluding carboxylic acids is 2. The molecule has 0 bridgehead atoms. The van der Waals surface area contributed by atoms with E-state index in [-0.39, 0.29) is 23.3 Å². The van der Waals surface area contributed by atoms with Gasteiger partial charge in [-0.25, -0.2) is 13.3 Å². The number of sulfonamides is 1. The van der Waals surface area contributed by atoms with Gasteiger partial charge in [-0.1, -0.05) is 53.4 Å². The Hall–Kier alpha value is -2.03. The number of amides is 2. The average molecular weight is 491 g/mol. The average Bonchev–Trinajstić information content (AvgIpc) is 3.04. The zero-order chi connectivity index (χ0) is 21.3. The molecule has 1 atom stereocenters. The van der Waals surface area contributed by atoms with Crippen molar-refractivity contribution in [2.45, 2.75) is 55.5 Å². The van der Waals surface area contributed by atoms with Gasteiger partial charge in [-0.3, -0.25) is 9.59 Å². The summed E-state index contributed by atoms with van der Waals surface area (Å²) in [4.78, 5) is 27.4. The number of carbonyl (C=O) groups is 2. The Morgan fingerprint density at radius 1 is 0.900 bits per heavy atom. The fourth-order valence-corrected chi connectivity index (χ4v) is 6.46. The molecule has 1 heterocycles. The molecule has 1 unspecified atom stereocenters. The third-order valence-corrected chi connectivity index (χ3v) is 8.27. The lowest BCUT2D eigenvalue weighted by atomic mass is 9.94. The second kappa shape index (κ2) is 8.61. The Balaban J connectivity index is 1.73. The van der Waals surface area contributed by atoms with Gasteiger partial charge in [0.05, 0.1) is 17.0 Å². The fourth-order valence-electron chi connectivity index (χ4n) is 4.34. The van der Waals surface area contributed by atoms with E-state index in [1.165, 1.54) is 4.31 Å². The van der Waals surface area contributed by atoms with E-state index in [0.29, 0.717) is 18.5 Å². The summed E-state index contributed by atoms with van der Waals surface area (Å²) < 4.78 is 29.4. The predicted molar refractivity (Wildman–Crippen MR) is 117 cm³/mol. The van der Waals surface area contributed by atoms with Crippen LogP contribution in [0.5, 0.6) is 0 Å². The molecule has 2 fully saturated rings. The van der Waals surface area contributed by atoms with E-state index in [9.17, 15) is 18.0 Å². The van der Waals surface area contributed by atoms with E-state index < -0.39 is 22.0 Å². The van der Waals surface area contributed by atoms with Crippen LogP contribution < -0.4 is 4.90 Å². The van der Waals surface area contributed by atoms with Crippen LogP contribution in [0.3, 0.4) is 0 Å². The van der Waals surface area contributed by atoms with Gasteiger partial charge in [-0.2, -0.15) is 4.31 Å². The van der Waals surface area contributed by atoms with Crippen LogP contribution in [0.15, 0.2) is 64.0 Å². The first-order chi connectivity index (χ1) is 14.4. The Labute approximate surface area is 185 Å². The van der Waals surface area contributed by atoms with Gasteiger partial charge in [-0.15, -0.1) is 0 Å². The number of benzene rings is 2. The molecular formula is C22H23BrN2O4S. The first-order valence-electron chi connectivity index (χ1n) is 10.1. The van der Waals surface area contributed by atoms with Crippen LogP contribution >= 0.6 is 15.9 Å². The van der Waals surface area contributed by atoms with Crippen molar-refractivity contribution in [3.63, 3.8) is 0 Å². The summed E-state index contributed by atoms with van der Waals surface area (Å²) in [6.45, 7) is 0. The highest BCUT2D eigenvalue weighted by Gasteiger charge is 2.49. The van der Waals surface area contributed by atoms with Crippen molar-refractivity contribution in [2.75, 3.05) is 4.90 Å². The summed E-state index contributed by atoms with van der Waals surface area (Å²) in [6, 6.07) is 13.7. The lowest BCUT2D eigenvalue weighted by Crippen LogP contribution is -2.51. The maximum atomic E-state index is 13.6. The number of hydrogen-bond acceptors (Lipinski definition) is 4. The second-order valence-corrected chi connectivity index (χ2v) is 10.5. The largest absolute Gasteiger partial charge is 0.274 e. The smallest absolute Gasteiger partial charge is 0.252 e. The van der Waals surface area contributed by atoms with E-state index >= 15 is 0 Å². The number of hydrogen-bond donors (Lipinski definition) is 0. The summed E-state index contributed by atoms with van der Waals surface area (Å²) >= 11 is 3.35. The van der Waals surface area contributed by atoms with Crippen molar-refractivity contribution >= 4 is 43.5 Å². The minimum Gasteiger partial charge on any atom is -0.274 e. The first-order valence-corrected chi connectivity index (χ1v) is 12.3. The number of rotatable bonds is 5. The molecule has 1 saturated heterocycles. The molecule has 2 aromatic rings. The molecule has 2 amide bonds. The van der Waals surface area contributed by atoms with Gasteiger partial charge < -0.3 is 0 Å². The Kier molecular flexibility index (Phi) is 6.09. The van der Waals surface area contributed by atoms with Crippen LogP contribution in [0.4, 0.5) is 5.69 Å². The van der Waals surface area contributed by atoms with Crippen molar-refractivity contribution in [3.05, 3.63) is 59.1 Å². The van der Waals surface area contributed by atoms with Gasteiger partial charge in [-0.05, 0) is 49.2 Å². The van der Waals surface area contributed by atoms with Gasteiger partial charge in [0.1, 0.15) is 6.04 Å². The molecule has 8 heteroatoms. The third-order valence-electron chi connectivity index (χ3n) is 5.77. The standard InChI is InChI=1S/C22H23BrN2O4S/c23-16-11-13-17(14-12-16)24-21(26)15-20(22(24)27)25(18-7-3-1-4-8-18)30(28,29)19-9-5-2-6-10-19/h2,5-6,9-14,18,20H,1,3-4,7-8,15H2. The van der Waals surface area contributed by atoms with Gasteiger partial charge in [0.25, 0.3) is 5.91 Å². The SMILES string of the molecule is O=C1CC(N(C2CCCCC2)S(=O)(=O)c2ccccc2)C(=O)N1c1ccc(Br)cc1. The van der Waals surface area contributed by atoms with Crippen LogP contribution in [0, 0.1) is 0 Å². The molecule has 2 aliphatic rings. The first kappa shape index (κ1) is 21.2. The van der Waals surface area contributed by atoms with Crippen LogP contribution in [-0.2, 0) is 19.6 Å². The van der Waals surface area contributed by atoms with Gasteiger partial charge >= 0.3 is 0 Å². The third kappa shape index (κ3) is 3.96. The van der Waals surface area contributed by atoms with Crippen molar-refractivity contribution in [3.8, 4) is 0 Å². The molecule has 0 radical (unpaired) electrons. The van der Waals surface area contributed by atoms with E-state index in [0.717, 1.165) is 28.6 Å². The predicted octanol–water partition coefficient (Wildman–Crippen LogP) is 4.10. The van der Waals surface area contributed by atoms with Crippen LogP contribution in [0.25, 0.3) is 0 Å². The molecule has 4 rings (SSSR count). The Bertz CT molecular complexity index is 1030. The summed E-state index contributed by atoms with van der Waals surface area (Å²) in [5.74, 6) is -0.858. The van der Waals surface area contributed by atoms with E-state index in [4.69, 9.17) is 0 Å². The van der Waals surface area contributed by atoms with E-state index in [1.54, 1.807) is 54.6 Å². The quantitative estimate of drug-likeness (QED) is 0.591. The van der Waals surface area contributed by atoms with Crippen molar-refractivity contribution in [1.82, 2.24) is 4.31 Å². The molecule has 6 nitrogen and oxygen atoms in total. The number of nitrogens with zero attached hydrogens (tertiary/aromatic N) is 2. The highest BCUT2D eigenvalue weighted by Crippen LogP contribution is 2.35. The maximum absolute atomic E-state index is 13.6. The minimum absolute atomic E-state index is 0.141. The Morgan fingerprint density at radius 3 is 2.17 bits per heavy atom. The van der Waals surface area contributed by atoms with E-state index in [1.807, 2.05) is 0 Å². The second-order valence-electron chi connectivity index (χ2n) is 7.70. The molecule has 1 aliphatic heterocycles. The summed E-state index contributed by atoms with van der Waals surface area (Å²) in [5, 5.41) is 0. The molecule has 2 aromatic carbocycles. The lowest BCUT2D eigenvalue weighted by Gasteiger charge is -2.36. The fraction of sp³-hybridized carbons (Fsp3) is 0.364. The van der Waals surface area contributed by atoms with Gasteiger partial charge in [0.15, 0.2) is 0 Å². The molecule has 158 valence electrons. The van der Waals surface area contributed by atoms with Crippen molar-refractivity contribution in [2.24, 2.45) is 0 Å². The van der Waals surface area contributed by atoms with Crippen molar-refractivity contribution in [1.29, 1.82) is 0 Å². The van der Waals surface area contributed by atoms with Gasteiger partial charge in [0.2, 0.25) is 15.9 Å². The molecule has 1 saturated carbocycles. The zero-order valence-electron chi connectivity index (χ0n) is 16.4. The van der Waals surface area contributed by atoms with Crippen molar-refractivity contribution < 1.29 is 18.0 Å². The molecular weight excluding hydrogens is 468 g/mol. The zero-order valence-corrected chi connectivity index (χ0v) is 18.8. The normalized spacial score (nSPS) is 20.9.